The van der Waals surface area contributed by atoms with Crippen molar-refractivity contribution >= 4 is 29.3 Å². The van der Waals surface area contributed by atoms with E-state index in [1.807, 2.05) is 91.6 Å². The zero-order chi connectivity index (χ0) is 101. The second kappa shape index (κ2) is 86.6. The summed E-state index contributed by atoms with van der Waals surface area (Å²) in [4.78, 5) is 0. The van der Waals surface area contributed by atoms with Gasteiger partial charge < -0.3 is 65.0 Å². The minimum Gasteiger partial charge on any atom is -1.00 e. The molecule has 0 saturated heterocycles. The van der Waals surface area contributed by atoms with Crippen LogP contribution in [0.5, 0.6) is 0 Å². The van der Waals surface area contributed by atoms with Gasteiger partial charge in [0.25, 0.3) is 0 Å². The Balaban J connectivity index is -0.000000442. The second-order valence-corrected chi connectivity index (χ2v) is 31.3. The van der Waals surface area contributed by atoms with Crippen LogP contribution in [0, 0.1) is 0 Å². The van der Waals surface area contributed by atoms with Crippen molar-refractivity contribution < 1.29 is 124 Å². The molecule has 13 heterocycles. The molecule has 0 N–H and O–H groups in total. The van der Waals surface area contributed by atoms with Crippen LogP contribution in [0.4, 0.5) is 0 Å². The van der Waals surface area contributed by atoms with E-state index in [9.17, 15) is 0 Å². The molecule has 0 atom stereocenters. The molecule has 0 unspecified atom stereocenters. The Morgan fingerprint density at radius 3 is 0.224 bits per heavy atom. The van der Waals surface area contributed by atoms with Crippen LogP contribution in [0.3, 0.4) is 0 Å². The molecule has 0 fully saturated rings. The largest absolute Gasteiger partial charge is 1.00 e. The van der Waals surface area contributed by atoms with E-state index in [2.05, 4.69) is 452 Å². The highest BCUT2D eigenvalue weighted by molar-refractivity contribution is 6.24. The van der Waals surface area contributed by atoms with E-state index >= 15 is 0 Å². The Morgan fingerprint density at radius 1 is 0.142 bits per heavy atom. The summed E-state index contributed by atoms with van der Waals surface area (Å²) in [5.41, 5.74) is 0. The van der Waals surface area contributed by atoms with E-state index in [0.29, 0.717) is 0 Å². The topological polar surface area (TPSA) is 391 Å². The van der Waals surface area contributed by atoms with Gasteiger partial charge in [0, 0.05) is 0 Å². The summed E-state index contributed by atoms with van der Waals surface area (Å²) in [6.45, 7) is 43.0. The van der Waals surface area contributed by atoms with Crippen molar-refractivity contribution in [1.29, 1.82) is 0 Å². The number of aryl methyl sites for hydroxylation is 26. The molecular weight excluding hydrogens is 1710 g/mol. The number of nitrogens with zero attached hydrogens (tertiary/aromatic N) is 26. The number of halogens is 1. The normalized spacial score (nSPS) is 9.54. The van der Waals surface area contributed by atoms with Crippen molar-refractivity contribution in [3.63, 3.8) is 0 Å². The summed E-state index contributed by atoms with van der Waals surface area (Å²) in [5, 5.41) is 101. The van der Waals surface area contributed by atoms with Crippen LogP contribution in [0.1, 0.15) is 173 Å². The molecule has 0 radical (unpaired) electrons. The highest BCUT2D eigenvalue weighted by Gasteiger charge is 2.05. The van der Waals surface area contributed by atoms with Gasteiger partial charge in [-0.3, -0.25) is 29.3 Å². The lowest BCUT2D eigenvalue weighted by molar-refractivity contribution is -0.671. The molecule has 13 aromatic rings. The first-order valence-corrected chi connectivity index (χ1v) is 46.2. The van der Waals surface area contributed by atoms with E-state index in [1.165, 1.54) is 83.5 Å². The number of imidazole rings is 13. The predicted octanol–water partition coefficient (Wildman–Crippen LogP) is -9.39. The second-order valence-electron chi connectivity index (χ2n) is 31.3. The van der Waals surface area contributed by atoms with E-state index in [0.717, 1.165) is 85.1 Å². The third-order valence-corrected chi connectivity index (χ3v) is 17.0. The smallest absolute Gasteiger partial charge is 0.243 e. The van der Waals surface area contributed by atoms with E-state index in [4.69, 9.17) is 60.3 Å². The maximum absolute atomic E-state index is 8.42. The third kappa shape index (κ3) is 83.3. The molecular formula is C91H169B4FN26O12. The van der Waals surface area contributed by atoms with E-state index in [1.54, 1.807) is 0 Å². The van der Waals surface area contributed by atoms with Crippen molar-refractivity contribution in [2.45, 2.75) is 259 Å². The summed E-state index contributed by atoms with van der Waals surface area (Å²) in [5.74, 6) is 0. The Morgan fingerprint density at radius 2 is 0.194 bits per heavy atom. The zero-order valence-corrected chi connectivity index (χ0v) is 86.1. The monoisotopic (exact) mass is 1880 g/mol. The van der Waals surface area contributed by atoms with Crippen LogP contribution in [0.2, 0.25) is 0 Å². The van der Waals surface area contributed by atoms with Crippen LogP contribution in [0.25, 0.3) is 0 Å². The molecule has 0 spiro atoms. The molecule has 0 amide bonds. The summed E-state index contributed by atoms with van der Waals surface area (Å²) >= 11 is 0. The van der Waals surface area contributed by atoms with E-state index in [-0.39, 0.29) is 4.70 Å². The lowest BCUT2D eigenvalue weighted by Crippen LogP contribution is -3.00. The van der Waals surface area contributed by atoms with Crippen LogP contribution in [0.15, 0.2) is 243 Å². The van der Waals surface area contributed by atoms with Gasteiger partial charge in [0.1, 0.15) is 161 Å². The molecule has 13 aromatic heterocycles. The minimum atomic E-state index is -2.92. The maximum atomic E-state index is 8.42. The molecule has 0 saturated carbocycles. The summed E-state index contributed by atoms with van der Waals surface area (Å²) in [7, 11) is 14.8. The fourth-order valence-corrected chi connectivity index (χ4v) is 11.6. The zero-order valence-electron chi connectivity index (χ0n) is 86.1. The van der Waals surface area contributed by atoms with Crippen molar-refractivity contribution in [2.75, 3.05) is 0 Å². The van der Waals surface area contributed by atoms with Crippen LogP contribution in [-0.2, 0) is 177 Å². The van der Waals surface area contributed by atoms with Crippen molar-refractivity contribution in [3.8, 4) is 0 Å². The van der Waals surface area contributed by atoms with E-state index < -0.39 is 29.3 Å². The quantitative estimate of drug-likeness (QED) is 0.0361. The van der Waals surface area contributed by atoms with Crippen LogP contribution in [-0.4, -0.2) is 88.7 Å². The SMILES string of the molecule is CCCn1cc[n+](C)c1.CCCn1cc[n+](C)c1.CCCn1cc[n+](C)c1.CCCn1cc[n+](C)c1.CCCn1cc[n+](C)c1.CCCn1cc[n+](C)c1.CCCn1cc[n+](C)c1.CCCn1cc[n+](C)c1.CCCn1cc[n+](C)c1.CCCn1cc[n+](C)c1.CCCn1cc[n+](C)c1.CCCn1cc[n+](C)c1.CCCn1cc[n+](C)c1.[F-].[O-]B([O-])[O-].[O-]B([O-])[O-].[O-]B([O-])[O-].[O-]B([O-])[O-]. The van der Waals surface area contributed by atoms with Gasteiger partial charge in [0.05, 0.1) is 177 Å². The summed E-state index contributed by atoms with van der Waals surface area (Å²) in [6, 6.07) is 0. The Labute approximate surface area is 802 Å². The first-order chi connectivity index (χ1) is 63.2. The van der Waals surface area contributed by atoms with Crippen molar-refractivity contribution in [1.82, 2.24) is 59.4 Å². The first kappa shape index (κ1) is 132. The van der Waals surface area contributed by atoms with Gasteiger partial charge in [-0.25, -0.2) is 119 Å². The van der Waals surface area contributed by atoms with Gasteiger partial charge in [-0.15, -0.1) is 0 Å². The molecule has 0 aliphatic heterocycles. The number of hydrogen-bond acceptors (Lipinski definition) is 12. The van der Waals surface area contributed by atoms with Gasteiger partial charge in [0.15, 0.2) is 0 Å². The summed E-state index contributed by atoms with van der Waals surface area (Å²) < 4.78 is 55.0. The lowest BCUT2D eigenvalue weighted by atomic mass is 10.3. The van der Waals surface area contributed by atoms with Crippen molar-refractivity contribution in [3.05, 3.63) is 243 Å². The minimum absolute atomic E-state index is 0. The van der Waals surface area contributed by atoms with Crippen molar-refractivity contribution in [2.24, 2.45) is 91.6 Å². The average molecular weight is 1880 g/mol. The lowest BCUT2D eigenvalue weighted by Gasteiger charge is -2.35. The molecule has 754 valence electrons. The van der Waals surface area contributed by atoms with Gasteiger partial charge in [-0.2, -0.15) is 0 Å². The fourth-order valence-electron chi connectivity index (χ4n) is 11.6. The Bertz CT molecular complexity index is 3620. The average Bonchev–Trinajstić information content (AvgIpc) is 1.93. The summed E-state index contributed by atoms with van der Waals surface area (Å²) in [6.07, 6.45) is 96.6. The molecule has 134 heavy (non-hydrogen) atoms. The third-order valence-electron chi connectivity index (χ3n) is 17.0. The fraction of sp³-hybridized carbons (Fsp3) is 0.571. The molecule has 0 aliphatic rings. The van der Waals surface area contributed by atoms with Crippen LogP contribution >= 0.6 is 0 Å². The Hall–Kier alpha value is -10.6. The van der Waals surface area contributed by atoms with Gasteiger partial charge in [-0.05, 0) is 83.5 Å². The van der Waals surface area contributed by atoms with Gasteiger partial charge in [-0.1, -0.05) is 90.0 Å². The van der Waals surface area contributed by atoms with Gasteiger partial charge >= 0.3 is 0 Å². The molecule has 0 aromatic carbocycles. The molecule has 0 bridgehead atoms. The first-order valence-electron chi connectivity index (χ1n) is 46.2. The molecule has 43 heteroatoms. The maximum Gasteiger partial charge on any atom is 0.243 e. The highest BCUT2D eigenvalue weighted by atomic mass is 19.0. The Kier molecular flexibility index (Phi) is 85.2. The molecule has 13 rings (SSSR count). The molecule has 38 nitrogen and oxygen atoms in total. The number of rotatable bonds is 26. The van der Waals surface area contributed by atoms with Gasteiger partial charge in [0.2, 0.25) is 82.3 Å². The van der Waals surface area contributed by atoms with Crippen LogP contribution < -0.4 is 124 Å². The standard InChI is InChI=1S/13C7H13N2.4BO3.FH/c13*1-3-4-9-6-5-8(2)7-9;4*2-1(3)4;/h13*5-7H,3-4H2,1-2H3;;;;;1H/q13*+1;4*-3;/p-1. The number of aromatic nitrogens is 26. The predicted molar refractivity (Wildman–Crippen MR) is 490 cm³/mol. The number of hydrogen-bond donors (Lipinski definition) is 0. The highest BCUT2D eigenvalue weighted by Crippen LogP contribution is 1.95. The molecule has 0 aliphatic carbocycles.